The molecule has 1 aromatic heterocycles. The lowest BCUT2D eigenvalue weighted by atomic mass is 9.97. The largest absolute Gasteiger partial charge is 0.462 e. The summed E-state index contributed by atoms with van der Waals surface area (Å²) < 4.78 is 10.5. The minimum absolute atomic E-state index is 0.252. The first-order chi connectivity index (χ1) is 12.3. The Morgan fingerprint density at radius 1 is 1.31 bits per heavy atom. The maximum Gasteiger partial charge on any atom is 0.410 e. The highest BCUT2D eigenvalue weighted by molar-refractivity contribution is 5.94. The van der Waals surface area contributed by atoms with E-state index in [4.69, 9.17) is 9.47 Å². The summed E-state index contributed by atoms with van der Waals surface area (Å²) in [7, 11) is 0. The Balaban J connectivity index is 1.84. The minimum Gasteiger partial charge on any atom is -0.462 e. The number of amides is 1. The van der Waals surface area contributed by atoms with Crippen molar-refractivity contribution >= 4 is 17.9 Å². The fourth-order valence-corrected chi connectivity index (χ4v) is 2.81. The molecule has 1 aromatic rings. The summed E-state index contributed by atoms with van der Waals surface area (Å²) in [4.78, 5) is 30.1. The van der Waals surface area contributed by atoms with Crippen LogP contribution in [0.3, 0.4) is 0 Å². The molecule has 144 valence electrons. The second-order valence-corrected chi connectivity index (χ2v) is 7.41. The van der Waals surface area contributed by atoms with Gasteiger partial charge >= 0.3 is 12.1 Å². The molecule has 0 aromatic carbocycles. The van der Waals surface area contributed by atoms with E-state index < -0.39 is 5.60 Å². The van der Waals surface area contributed by atoms with Crippen molar-refractivity contribution in [1.82, 2.24) is 9.88 Å². The van der Waals surface area contributed by atoms with Crippen molar-refractivity contribution in [2.45, 2.75) is 46.1 Å². The van der Waals surface area contributed by atoms with Crippen LogP contribution in [0.1, 0.15) is 50.9 Å². The number of pyridine rings is 1. The molecule has 7 heteroatoms. The number of carbonyl (C=O) groups is 2. The van der Waals surface area contributed by atoms with Crippen LogP contribution in [0.5, 0.6) is 0 Å². The predicted octanol–water partition coefficient (Wildman–Crippen LogP) is 3.32. The lowest BCUT2D eigenvalue weighted by molar-refractivity contribution is 0.0187. The zero-order valence-electron chi connectivity index (χ0n) is 16.1. The monoisotopic (exact) mass is 363 g/mol. The molecule has 0 spiro atoms. The fraction of sp³-hybridized carbons (Fsp3) is 0.632. The molecule has 2 rings (SSSR count). The lowest BCUT2D eigenvalue weighted by Gasteiger charge is -2.33. The van der Waals surface area contributed by atoms with Crippen LogP contribution in [-0.2, 0) is 9.47 Å². The molecule has 0 atom stereocenters. The molecule has 26 heavy (non-hydrogen) atoms. The minimum atomic E-state index is -0.474. The highest BCUT2D eigenvalue weighted by Gasteiger charge is 2.27. The van der Waals surface area contributed by atoms with Crippen LogP contribution in [0.25, 0.3) is 0 Å². The van der Waals surface area contributed by atoms with Gasteiger partial charge in [-0.05, 0) is 58.6 Å². The Labute approximate surface area is 155 Å². The van der Waals surface area contributed by atoms with E-state index >= 15 is 0 Å². The van der Waals surface area contributed by atoms with Gasteiger partial charge in [0.2, 0.25) is 0 Å². The molecule has 0 aliphatic carbocycles. The number of piperidine rings is 1. The van der Waals surface area contributed by atoms with Crippen molar-refractivity contribution < 1.29 is 19.1 Å². The lowest BCUT2D eigenvalue weighted by Crippen LogP contribution is -2.42. The normalized spacial score (nSPS) is 15.5. The number of anilines is 1. The third-order valence-corrected chi connectivity index (χ3v) is 4.13. The number of rotatable bonds is 5. The first kappa shape index (κ1) is 20.0. The number of likely N-dealkylation sites (tertiary alicyclic amines) is 1. The van der Waals surface area contributed by atoms with E-state index in [1.165, 1.54) is 0 Å². The summed E-state index contributed by atoms with van der Waals surface area (Å²) in [6.07, 6.45) is 3.16. The highest BCUT2D eigenvalue weighted by Crippen LogP contribution is 2.21. The quantitative estimate of drug-likeness (QED) is 0.808. The van der Waals surface area contributed by atoms with Gasteiger partial charge in [0, 0.05) is 25.8 Å². The van der Waals surface area contributed by atoms with Crippen LogP contribution in [0.2, 0.25) is 0 Å². The summed E-state index contributed by atoms with van der Waals surface area (Å²) in [6, 6.07) is 3.43. The Morgan fingerprint density at radius 3 is 2.62 bits per heavy atom. The fourth-order valence-electron chi connectivity index (χ4n) is 2.81. The molecule has 0 unspecified atom stereocenters. The van der Waals surface area contributed by atoms with Crippen molar-refractivity contribution in [3.8, 4) is 0 Å². The van der Waals surface area contributed by atoms with Gasteiger partial charge in [-0.3, -0.25) is 0 Å². The van der Waals surface area contributed by atoms with Crippen LogP contribution in [-0.4, -0.2) is 53.8 Å². The van der Waals surface area contributed by atoms with E-state index in [9.17, 15) is 9.59 Å². The van der Waals surface area contributed by atoms with Crippen molar-refractivity contribution in [3.05, 3.63) is 23.9 Å². The topological polar surface area (TPSA) is 80.8 Å². The molecular formula is C19H29N3O4. The van der Waals surface area contributed by atoms with Crippen molar-refractivity contribution in [3.63, 3.8) is 0 Å². The number of aromatic nitrogens is 1. The van der Waals surface area contributed by atoms with Gasteiger partial charge in [0.1, 0.15) is 17.0 Å². The second-order valence-electron chi connectivity index (χ2n) is 7.41. The summed E-state index contributed by atoms with van der Waals surface area (Å²) in [6.45, 7) is 9.77. The van der Waals surface area contributed by atoms with Crippen LogP contribution < -0.4 is 5.32 Å². The number of esters is 1. The van der Waals surface area contributed by atoms with E-state index in [0.29, 0.717) is 43.5 Å². The molecule has 1 saturated heterocycles. The van der Waals surface area contributed by atoms with Gasteiger partial charge in [0.15, 0.2) is 0 Å². The maximum atomic E-state index is 12.1. The molecule has 1 aliphatic heterocycles. The van der Waals surface area contributed by atoms with E-state index in [2.05, 4.69) is 10.3 Å². The average molecular weight is 363 g/mol. The summed E-state index contributed by atoms with van der Waals surface area (Å²) in [5.74, 6) is 0.578. The third kappa shape index (κ3) is 5.89. The zero-order chi connectivity index (χ0) is 19.2. The number of carbonyl (C=O) groups excluding carboxylic acids is 2. The van der Waals surface area contributed by atoms with E-state index in [0.717, 1.165) is 12.8 Å². The molecule has 7 nitrogen and oxygen atoms in total. The molecule has 0 radical (unpaired) electrons. The standard InChI is InChI=1S/C19H29N3O4/c1-5-25-17(23)15-7-6-10-20-16(15)21-13-14-8-11-22(12-9-14)18(24)26-19(2,3)4/h6-7,10,14H,5,8-9,11-13H2,1-4H3,(H,20,21). The van der Waals surface area contributed by atoms with Crippen molar-refractivity contribution in [2.75, 3.05) is 31.6 Å². The molecule has 1 N–H and O–H groups in total. The number of hydrogen-bond acceptors (Lipinski definition) is 6. The summed E-state index contributed by atoms with van der Waals surface area (Å²) >= 11 is 0. The molecular weight excluding hydrogens is 334 g/mol. The van der Waals surface area contributed by atoms with Gasteiger partial charge in [-0.2, -0.15) is 0 Å². The SMILES string of the molecule is CCOC(=O)c1cccnc1NCC1CCN(C(=O)OC(C)(C)C)CC1. The Bertz CT molecular complexity index is 619. The predicted molar refractivity (Wildman–Crippen MR) is 99.2 cm³/mol. The average Bonchev–Trinajstić information content (AvgIpc) is 2.59. The Hall–Kier alpha value is -2.31. The maximum absolute atomic E-state index is 12.1. The molecule has 1 aliphatic rings. The van der Waals surface area contributed by atoms with Crippen LogP contribution in [0.4, 0.5) is 10.6 Å². The van der Waals surface area contributed by atoms with Crippen LogP contribution in [0, 0.1) is 5.92 Å². The number of nitrogens with zero attached hydrogens (tertiary/aromatic N) is 2. The van der Waals surface area contributed by atoms with Crippen molar-refractivity contribution in [1.29, 1.82) is 0 Å². The Kier molecular flexibility index (Phi) is 6.83. The molecule has 1 fully saturated rings. The highest BCUT2D eigenvalue weighted by atomic mass is 16.6. The van der Waals surface area contributed by atoms with E-state index in [1.54, 1.807) is 30.2 Å². The molecule has 2 heterocycles. The van der Waals surface area contributed by atoms with Gasteiger partial charge < -0.3 is 19.7 Å². The van der Waals surface area contributed by atoms with Crippen LogP contribution in [0.15, 0.2) is 18.3 Å². The molecule has 1 amide bonds. The van der Waals surface area contributed by atoms with E-state index in [1.807, 2.05) is 20.8 Å². The van der Waals surface area contributed by atoms with Gasteiger partial charge in [0.05, 0.1) is 6.61 Å². The summed E-state index contributed by atoms with van der Waals surface area (Å²) in [5, 5.41) is 3.26. The number of nitrogens with one attached hydrogen (secondary N) is 1. The molecule has 0 saturated carbocycles. The van der Waals surface area contributed by atoms with Gasteiger partial charge in [-0.1, -0.05) is 0 Å². The van der Waals surface area contributed by atoms with Gasteiger partial charge in [-0.25, -0.2) is 14.6 Å². The Morgan fingerprint density at radius 2 is 2.00 bits per heavy atom. The summed E-state index contributed by atoms with van der Waals surface area (Å²) in [5.41, 5.74) is -0.0293. The first-order valence-corrected chi connectivity index (χ1v) is 9.14. The smallest absolute Gasteiger partial charge is 0.410 e. The molecule has 0 bridgehead atoms. The number of hydrogen-bond donors (Lipinski definition) is 1. The van der Waals surface area contributed by atoms with Gasteiger partial charge in [-0.15, -0.1) is 0 Å². The van der Waals surface area contributed by atoms with E-state index in [-0.39, 0.29) is 12.1 Å². The number of ether oxygens (including phenoxy) is 2. The van der Waals surface area contributed by atoms with Gasteiger partial charge in [0.25, 0.3) is 0 Å². The van der Waals surface area contributed by atoms with Crippen molar-refractivity contribution in [2.24, 2.45) is 5.92 Å². The zero-order valence-corrected chi connectivity index (χ0v) is 16.1. The second kappa shape index (κ2) is 8.87. The third-order valence-electron chi connectivity index (χ3n) is 4.13. The first-order valence-electron chi connectivity index (χ1n) is 9.14. The van der Waals surface area contributed by atoms with Crippen LogP contribution >= 0.6 is 0 Å².